The van der Waals surface area contributed by atoms with Gasteiger partial charge in [-0.15, -0.1) is 0 Å². The first-order chi connectivity index (χ1) is 17.2. The van der Waals surface area contributed by atoms with Crippen LogP contribution in [-0.2, 0) is 6.61 Å². The van der Waals surface area contributed by atoms with Crippen LogP contribution in [0.5, 0.6) is 5.75 Å². The number of aromatic carboxylic acids is 1. The minimum Gasteiger partial charge on any atom is -0.489 e. The first-order valence-electron chi connectivity index (χ1n) is 11.1. The Morgan fingerprint density at radius 3 is 2.56 bits per heavy atom. The third-order valence-corrected chi connectivity index (χ3v) is 6.36. The molecule has 0 fully saturated rings. The van der Waals surface area contributed by atoms with Crippen molar-refractivity contribution >= 4 is 52.9 Å². The second kappa shape index (κ2) is 11.2. The number of hydrogen-bond acceptors (Lipinski definition) is 4. The number of rotatable bonds is 8. The third-order valence-electron chi connectivity index (χ3n) is 5.47. The lowest BCUT2D eigenvalue weighted by molar-refractivity contribution is 0.0697. The summed E-state index contributed by atoms with van der Waals surface area (Å²) in [5.41, 5.74) is 3.79. The maximum Gasteiger partial charge on any atom is 0.335 e. The van der Waals surface area contributed by atoms with E-state index in [2.05, 4.69) is 5.16 Å². The van der Waals surface area contributed by atoms with Crippen LogP contribution in [0.2, 0.25) is 15.1 Å². The van der Waals surface area contributed by atoms with Crippen molar-refractivity contribution in [2.24, 2.45) is 0 Å². The molecule has 0 aliphatic rings. The summed E-state index contributed by atoms with van der Waals surface area (Å²) in [5, 5.41) is 15.0. The van der Waals surface area contributed by atoms with Gasteiger partial charge in [0.05, 0.1) is 21.2 Å². The van der Waals surface area contributed by atoms with Crippen molar-refractivity contribution in [1.82, 2.24) is 5.16 Å². The third kappa shape index (κ3) is 5.93. The van der Waals surface area contributed by atoms with Gasteiger partial charge in [0.15, 0.2) is 0 Å². The molecular formula is C28H22Cl3NO4. The molecule has 0 aliphatic carbocycles. The molecule has 5 nitrogen and oxygen atoms in total. The van der Waals surface area contributed by atoms with Crippen LogP contribution in [0.15, 0.2) is 65.2 Å². The van der Waals surface area contributed by atoms with Crippen LogP contribution >= 0.6 is 34.8 Å². The van der Waals surface area contributed by atoms with E-state index in [-0.39, 0.29) is 18.1 Å². The molecule has 4 rings (SSSR count). The highest BCUT2D eigenvalue weighted by molar-refractivity contribution is 6.35. The molecular weight excluding hydrogens is 521 g/mol. The summed E-state index contributed by atoms with van der Waals surface area (Å²) in [6.45, 7) is 4.22. The number of carbonyl (C=O) groups is 1. The molecule has 0 radical (unpaired) electrons. The Hall–Kier alpha value is -3.25. The molecule has 1 N–H and O–H groups in total. The minimum absolute atomic E-state index is 0.0820. The van der Waals surface area contributed by atoms with Gasteiger partial charge in [-0.3, -0.25) is 0 Å². The Kier molecular flexibility index (Phi) is 8.04. The largest absolute Gasteiger partial charge is 0.489 e. The Bertz CT molecular complexity index is 1440. The Morgan fingerprint density at radius 2 is 1.83 bits per heavy atom. The predicted molar refractivity (Wildman–Crippen MR) is 144 cm³/mol. The maximum absolute atomic E-state index is 11.2. The summed E-state index contributed by atoms with van der Waals surface area (Å²) in [7, 11) is 0. The minimum atomic E-state index is -0.973. The lowest BCUT2D eigenvalue weighted by atomic mass is 10.0. The zero-order valence-electron chi connectivity index (χ0n) is 19.5. The predicted octanol–water partition coefficient (Wildman–Crippen LogP) is 8.87. The van der Waals surface area contributed by atoms with Gasteiger partial charge in [0, 0.05) is 16.5 Å². The van der Waals surface area contributed by atoms with Gasteiger partial charge in [-0.2, -0.15) is 0 Å². The molecule has 0 saturated carbocycles. The van der Waals surface area contributed by atoms with Crippen LogP contribution in [0.3, 0.4) is 0 Å². The number of hydrogen-bond donors (Lipinski definition) is 1. The zero-order valence-corrected chi connectivity index (χ0v) is 21.7. The van der Waals surface area contributed by atoms with E-state index in [1.807, 2.05) is 38.1 Å². The summed E-state index contributed by atoms with van der Waals surface area (Å²) < 4.78 is 11.7. The average Bonchev–Trinajstić information content (AvgIpc) is 3.28. The van der Waals surface area contributed by atoms with E-state index in [1.54, 1.807) is 48.5 Å². The summed E-state index contributed by atoms with van der Waals surface area (Å²) in [4.78, 5) is 11.2. The molecule has 0 spiro atoms. The fraction of sp³-hybridized carbons (Fsp3) is 0.143. The molecule has 36 heavy (non-hydrogen) atoms. The van der Waals surface area contributed by atoms with Crippen molar-refractivity contribution in [3.05, 3.63) is 104 Å². The number of halogens is 3. The van der Waals surface area contributed by atoms with Crippen molar-refractivity contribution in [2.75, 3.05) is 0 Å². The standard InChI is InChI=1S/C28H22Cl3NO4/c1-16(2)27-23(26(32-36-27)22-13-20(29)9-11-24(22)30)15-35-21-10-8-18(25(31)14-21)7-6-17-4-3-5-19(12-17)28(33)34/h3-14,16H,15H2,1-2H3,(H,33,34)/b7-6+. The molecule has 3 aromatic carbocycles. The number of ether oxygens (including phenoxy) is 1. The average molecular weight is 543 g/mol. The molecule has 8 heteroatoms. The normalized spacial score (nSPS) is 11.4. The second-order valence-corrected chi connectivity index (χ2v) is 9.64. The highest BCUT2D eigenvalue weighted by atomic mass is 35.5. The molecule has 0 amide bonds. The molecule has 184 valence electrons. The second-order valence-electron chi connectivity index (χ2n) is 8.39. The van der Waals surface area contributed by atoms with Gasteiger partial charge in [-0.1, -0.05) is 78.1 Å². The summed E-state index contributed by atoms with van der Waals surface area (Å²) in [6, 6.07) is 17.2. The fourth-order valence-electron chi connectivity index (χ4n) is 3.66. The summed E-state index contributed by atoms with van der Waals surface area (Å²) >= 11 is 19.1. The van der Waals surface area contributed by atoms with Crippen LogP contribution in [0.1, 0.15) is 52.6 Å². The van der Waals surface area contributed by atoms with Gasteiger partial charge in [-0.05, 0) is 59.7 Å². The van der Waals surface area contributed by atoms with Crippen molar-refractivity contribution in [1.29, 1.82) is 0 Å². The zero-order chi connectivity index (χ0) is 25.8. The van der Waals surface area contributed by atoms with Gasteiger partial charge in [0.1, 0.15) is 23.8 Å². The molecule has 1 aromatic heterocycles. The Morgan fingerprint density at radius 1 is 1.03 bits per heavy atom. The van der Waals surface area contributed by atoms with Crippen LogP contribution in [0.4, 0.5) is 0 Å². The van der Waals surface area contributed by atoms with E-state index in [0.29, 0.717) is 37.8 Å². The molecule has 0 bridgehead atoms. The lowest BCUT2D eigenvalue weighted by Crippen LogP contribution is -2.01. The lowest BCUT2D eigenvalue weighted by Gasteiger charge is -2.11. The number of nitrogens with zero attached hydrogens (tertiary/aromatic N) is 1. The van der Waals surface area contributed by atoms with Crippen molar-refractivity contribution < 1.29 is 19.2 Å². The first kappa shape index (κ1) is 25.8. The van der Waals surface area contributed by atoms with E-state index in [1.165, 1.54) is 0 Å². The van der Waals surface area contributed by atoms with Gasteiger partial charge < -0.3 is 14.4 Å². The van der Waals surface area contributed by atoms with Gasteiger partial charge >= 0.3 is 5.97 Å². The first-order valence-corrected chi connectivity index (χ1v) is 12.2. The van der Waals surface area contributed by atoms with Crippen molar-refractivity contribution in [3.63, 3.8) is 0 Å². The van der Waals surface area contributed by atoms with E-state index in [4.69, 9.17) is 49.2 Å². The number of carboxylic acid groups (broad SMARTS) is 1. The van der Waals surface area contributed by atoms with Gasteiger partial charge in [0.2, 0.25) is 0 Å². The number of carboxylic acids is 1. The smallest absolute Gasteiger partial charge is 0.335 e. The van der Waals surface area contributed by atoms with Crippen molar-refractivity contribution in [2.45, 2.75) is 26.4 Å². The molecule has 0 atom stereocenters. The summed E-state index contributed by atoms with van der Waals surface area (Å²) in [6.07, 6.45) is 3.63. The SMILES string of the molecule is CC(C)c1onc(-c2cc(Cl)ccc2Cl)c1COc1ccc(/C=C/c2cccc(C(=O)O)c2)c(Cl)c1. The molecule has 0 aliphatic heterocycles. The van der Waals surface area contributed by atoms with Crippen LogP contribution < -0.4 is 4.74 Å². The maximum atomic E-state index is 11.2. The van der Waals surface area contributed by atoms with Crippen LogP contribution in [0.25, 0.3) is 23.4 Å². The monoisotopic (exact) mass is 541 g/mol. The Labute approximate surface area is 223 Å². The topological polar surface area (TPSA) is 72.6 Å². The van der Waals surface area contributed by atoms with Gasteiger partial charge in [-0.25, -0.2) is 4.79 Å². The molecule has 4 aromatic rings. The van der Waals surface area contributed by atoms with Crippen molar-refractivity contribution in [3.8, 4) is 17.0 Å². The van der Waals surface area contributed by atoms with E-state index in [9.17, 15) is 4.79 Å². The van der Waals surface area contributed by atoms with E-state index < -0.39 is 5.97 Å². The molecule has 0 saturated heterocycles. The highest BCUT2D eigenvalue weighted by Crippen LogP contribution is 2.36. The Balaban J connectivity index is 1.55. The van der Waals surface area contributed by atoms with Crippen LogP contribution in [-0.4, -0.2) is 16.2 Å². The quantitative estimate of drug-likeness (QED) is 0.225. The van der Waals surface area contributed by atoms with Crippen LogP contribution in [0, 0.1) is 0 Å². The number of aromatic nitrogens is 1. The van der Waals surface area contributed by atoms with Gasteiger partial charge in [0.25, 0.3) is 0 Å². The van der Waals surface area contributed by atoms with E-state index in [0.717, 1.165) is 16.7 Å². The molecule has 0 unspecified atom stereocenters. The summed E-state index contributed by atoms with van der Waals surface area (Å²) in [5.74, 6) is 0.386. The fourth-order valence-corrected chi connectivity index (χ4v) is 4.27. The number of benzene rings is 3. The highest BCUT2D eigenvalue weighted by Gasteiger charge is 2.22. The molecule has 1 heterocycles. The van der Waals surface area contributed by atoms with E-state index >= 15 is 0 Å².